The van der Waals surface area contributed by atoms with Gasteiger partial charge in [0.2, 0.25) is 11.8 Å². The fourth-order valence-corrected chi connectivity index (χ4v) is 7.38. The number of amides is 3. The Morgan fingerprint density at radius 3 is 2.49 bits per heavy atom. The van der Waals surface area contributed by atoms with Crippen LogP contribution in [0.1, 0.15) is 82.1 Å². The van der Waals surface area contributed by atoms with E-state index in [0.717, 1.165) is 37.7 Å². The van der Waals surface area contributed by atoms with Crippen molar-refractivity contribution in [3.63, 3.8) is 0 Å². The number of aromatic nitrogens is 2. The molecular weight excluding hydrogens is 546 g/mol. The zero-order chi connectivity index (χ0) is 30.8. The molecule has 0 saturated heterocycles. The van der Waals surface area contributed by atoms with E-state index in [1.165, 1.54) is 6.20 Å². The molecule has 1 aromatic heterocycles. The van der Waals surface area contributed by atoms with E-state index in [2.05, 4.69) is 15.7 Å². The Morgan fingerprint density at radius 1 is 1.14 bits per heavy atom. The van der Waals surface area contributed by atoms with Crippen LogP contribution in [0.2, 0.25) is 0 Å². The second-order valence-electron chi connectivity index (χ2n) is 13.7. The summed E-state index contributed by atoms with van der Waals surface area (Å²) < 4.78 is 13.3. The number of benzene rings is 1. The Morgan fingerprint density at radius 2 is 1.84 bits per heavy atom. The molecule has 6 rings (SSSR count). The molecule has 10 nitrogen and oxygen atoms in total. The molecule has 1 aromatic carbocycles. The van der Waals surface area contributed by atoms with Crippen molar-refractivity contribution in [1.29, 1.82) is 0 Å². The zero-order valence-electron chi connectivity index (χ0n) is 25.7. The molecule has 3 amide bonds. The molecule has 2 atom stereocenters. The molecule has 4 aliphatic carbocycles. The Hall–Kier alpha value is -3.82. The summed E-state index contributed by atoms with van der Waals surface area (Å²) in [5.74, 6) is 1.29. The quantitative estimate of drug-likeness (QED) is 0.328. The van der Waals surface area contributed by atoms with E-state index in [4.69, 9.17) is 15.2 Å². The summed E-state index contributed by atoms with van der Waals surface area (Å²) in [6.07, 6.45) is 9.77. The van der Waals surface area contributed by atoms with E-state index in [-0.39, 0.29) is 35.6 Å². The maximum absolute atomic E-state index is 13.7. The average molecular weight is 592 g/mol. The average Bonchev–Trinajstić information content (AvgIpc) is 3.34. The number of hydrogen-bond donors (Lipinski definition) is 3. The number of ether oxygens (including phenoxy) is 2. The molecular formula is C33H45N5O5. The lowest BCUT2D eigenvalue weighted by Gasteiger charge is -2.58. The van der Waals surface area contributed by atoms with Crippen molar-refractivity contribution in [3.8, 4) is 5.88 Å². The van der Waals surface area contributed by atoms with Gasteiger partial charge in [-0.15, -0.1) is 0 Å². The summed E-state index contributed by atoms with van der Waals surface area (Å²) in [6.45, 7) is 8.34. The first-order valence-corrected chi connectivity index (χ1v) is 15.5. The summed E-state index contributed by atoms with van der Waals surface area (Å²) in [7, 11) is 0. The van der Waals surface area contributed by atoms with Crippen LogP contribution in [0.3, 0.4) is 0 Å². The minimum absolute atomic E-state index is 0.00414. The van der Waals surface area contributed by atoms with Crippen molar-refractivity contribution in [2.24, 2.45) is 29.4 Å². The molecule has 4 bridgehead atoms. The largest absolute Gasteiger partial charge is 0.477 e. The van der Waals surface area contributed by atoms with Gasteiger partial charge in [0.15, 0.2) is 0 Å². The predicted molar refractivity (Wildman–Crippen MR) is 163 cm³/mol. The fraction of sp³-hybridized carbons (Fsp3) is 0.576. The molecule has 1 heterocycles. The summed E-state index contributed by atoms with van der Waals surface area (Å²) >= 11 is 0. The van der Waals surface area contributed by atoms with Gasteiger partial charge in [0.25, 0.3) is 5.91 Å². The molecule has 0 aliphatic heterocycles. The third kappa shape index (κ3) is 7.40. The zero-order valence-corrected chi connectivity index (χ0v) is 25.7. The Kier molecular flexibility index (Phi) is 8.85. The lowest BCUT2D eigenvalue weighted by Crippen LogP contribution is -2.63. The van der Waals surface area contributed by atoms with Gasteiger partial charge in [-0.25, -0.2) is 9.48 Å². The number of nitrogens with two attached hydrogens (primary N) is 1. The smallest absolute Gasteiger partial charge is 0.405 e. The van der Waals surface area contributed by atoms with Crippen molar-refractivity contribution < 1.29 is 23.9 Å². The number of nitrogens with one attached hydrogen (secondary N) is 2. The van der Waals surface area contributed by atoms with Crippen molar-refractivity contribution in [2.45, 2.75) is 89.8 Å². The van der Waals surface area contributed by atoms with Gasteiger partial charge in [-0.2, -0.15) is 5.10 Å². The van der Waals surface area contributed by atoms with Crippen LogP contribution in [0.15, 0.2) is 42.6 Å². The fourth-order valence-electron chi connectivity index (χ4n) is 7.38. The second kappa shape index (κ2) is 12.4. The third-order valence-corrected chi connectivity index (χ3v) is 8.96. The van der Waals surface area contributed by atoms with Gasteiger partial charge in [-0.3, -0.25) is 9.59 Å². The summed E-state index contributed by atoms with van der Waals surface area (Å²) in [6, 6.07) is 9.92. The van der Waals surface area contributed by atoms with Crippen LogP contribution >= 0.6 is 0 Å². The number of rotatable bonds is 12. The van der Waals surface area contributed by atoms with Crippen LogP contribution in [0, 0.1) is 23.7 Å². The van der Waals surface area contributed by atoms with E-state index >= 15 is 0 Å². The number of aryl methyl sites for hydroxylation is 1. The van der Waals surface area contributed by atoms with Crippen molar-refractivity contribution in [2.75, 3.05) is 6.61 Å². The Labute approximate surface area is 253 Å². The van der Waals surface area contributed by atoms with Gasteiger partial charge in [-0.1, -0.05) is 44.2 Å². The molecule has 4 saturated carbocycles. The van der Waals surface area contributed by atoms with Crippen molar-refractivity contribution in [1.82, 2.24) is 20.4 Å². The normalized spacial score (nSPS) is 26.1. The van der Waals surface area contributed by atoms with Crippen LogP contribution in [-0.2, 0) is 16.0 Å². The summed E-state index contributed by atoms with van der Waals surface area (Å²) in [5, 5.41) is 10.8. The number of nitrogens with zero attached hydrogens (tertiary/aromatic N) is 2. The van der Waals surface area contributed by atoms with Gasteiger partial charge < -0.3 is 25.8 Å². The molecule has 0 radical (unpaired) electrons. The minimum Gasteiger partial charge on any atom is -0.477 e. The first-order chi connectivity index (χ1) is 20.4. The van der Waals surface area contributed by atoms with Crippen LogP contribution in [-0.4, -0.2) is 51.5 Å². The van der Waals surface area contributed by atoms with Crippen molar-refractivity contribution in [3.05, 3.63) is 53.7 Å². The molecule has 4 N–H and O–H groups in total. The van der Waals surface area contributed by atoms with Gasteiger partial charge in [0.05, 0.1) is 18.3 Å². The van der Waals surface area contributed by atoms with Gasteiger partial charge in [0, 0.05) is 18.7 Å². The molecule has 10 heteroatoms. The van der Waals surface area contributed by atoms with Crippen LogP contribution in [0.4, 0.5) is 4.79 Å². The summed E-state index contributed by atoms with van der Waals surface area (Å²) in [5.41, 5.74) is 5.75. The van der Waals surface area contributed by atoms with Crippen molar-refractivity contribution >= 4 is 24.1 Å². The molecule has 4 aliphatic rings. The van der Waals surface area contributed by atoms with E-state index < -0.39 is 17.2 Å². The second-order valence-corrected chi connectivity index (χ2v) is 13.7. The molecule has 4 fully saturated rings. The van der Waals surface area contributed by atoms with E-state index in [1.54, 1.807) is 10.9 Å². The highest BCUT2D eigenvalue weighted by Gasteiger charge is 2.57. The maximum Gasteiger partial charge on any atom is 0.405 e. The molecule has 43 heavy (non-hydrogen) atoms. The van der Waals surface area contributed by atoms with Gasteiger partial charge in [-0.05, 0) is 87.7 Å². The summed E-state index contributed by atoms with van der Waals surface area (Å²) in [4.78, 5) is 38.0. The van der Waals surface area contributed by atoms with Gasteiger partial charge >= 0.3 is 6.09 Å². The van der Waals surface area contributed by atoms with E-state index in [0.29, 0.717) is 36.8 Å². The number of carbonyl (C=O) groups is 3. The third-order valence-electron chi connectivity index (χ3n) is 8.96. The van der Waals surface area contributed by atoms with Crippen LogP contribution < -0.4 is 21.1 Å². The van der Waals surface area contributed by atoms with Crippen LogP contribution in [0.5, 0.6) is 5.88 Å². The standard InChI is InChI=1S/C33H45N5O5/c1-21(2)20-42-30-26(29(40)36-28-24-14-23-15-25(28)18-33(16-23,17-24)43-31(34)41)19-35-38(30)13-12-32(3,4)37-27(39)11-10-22-8-6-5-7-9-22/h5-9,12-13,19,21,23-25,28H,10-11,14-18,20H2,1-4H3,(H2,34,41)(H,36,40)(H,37,39). The highest BCUT2D eigenvalue weighted by Crippen LogP contribution is 2.57. The maximum atomic E-state index is 13.7. The lowest BCUT2D eigenvalue weighted by molar-refractivity contribution is -0.137. The molecule has 0 spiro atoms. The SMILES string of the molecule is CC(C)COc1c(C(=O)NC2C3CC4CC2CC(OC(N)=O)(C4)C3)cnn1C=CC(C)(C)NC(=O)CCc1ccccc1. The topological polar surface area (TPSA) is 138 Å². The highest BCUT2D eigenvalue weighted by molar-refractivity contribution is 5.96. The van der Waals surface area contributed by atoms with Gasteiger partial charge in [0.1, 0.15) is 11.2 Å². The predicted octanol–water partition coefficient (Wildman–Crippen LogP) is 4.69. The Balaban J connectivity index is 1.26. The highest BCUT2D eigenvalue weighted by atomic mass is 16.6. The first-order valence-electron chi connectivity index (χ1n) is 15.5. The lowest BCUT2D eigenvalue weighted by atomic mass is 9.52. The minimum atomic E-state index is -0.718. The number of hydrogen-bond acceptors (Lipinski definition) is 6. The monoisotopic (exact) mass is 591 g/mol. The number of carbonyl (C=O) groups excluding carboxylic acids is 3. The first kappa shape index (κ1) is 30.6. The Bertz CT molecular complexity index is 1330. The van der Waals surface area contributed by atoms with E-state index in [9.17, 15) is 14.4 Å². The van der Waals surface area contributed by atoms with Crippen LogP contribution in [0.25, 0.3) is 6.20 Å². The molecule has 232 valence electrons. The number of primary amides is 1. The van der Waals surface area contributed by atoms with E-state index in [1.807, 2.05) is 64.1 Å². The molecule has 2 unspecified atom stereocenters. The molecule has 2 aromatic rings.